The van der Waals surface area contributed by atoms with Gasteiger partial charge in [0.05, 0.1) is 6.04 Å². The molecule has 0 aliphatic carbocycles. The van der Waals surface area contributed by atoms with E-state index in [1.807, 2.05) is 53.4 Å². The van der Waals surface area contributed by atoms with Gasteiger partial charge in [0.1, 0.15) is 0 Å². The third-order valence-electron chi connectivity index (χ3n) is 5.27. The lowest BCUT2D eigenvalue weighted by Gasteiger charge is -2.21. The van der Waals surface area contributed by atoms with Crippen LogP contribution in [0, 0.1) is 0 Å². The van der Waals surface area contributed by atoms with E-state index < -0.39 is 0 Å². The highest BCUT2D eigenvalue weighted by Crippen LogP contribution is 2.27. The Morgan fingerprint density at radius 1 is 0.962 bits per heavy atom. The van der Waals surface area contributed by atoms with Gasteiger partial charge < -0.3 is 15.1 Å². The van der Waals surface area contributed by atoms with Crippen molar-refractivity contribution in [3.05, 3.63) is 66.2 Å². The molecule has 5 heteroatoms. The maximum atomic E-state index is 12.6. The number of carbonyl (C=O) groups excluding carboxylic acids is 2. The Morgan fingerprint density at radius 3 is 2.38 bits per heavy atom. The molecule has 0 unspecified atom stereocenters. The molecule has 0 bridgehead atoms. The molecule has 0 spiro atoms. The van der Waals surface area contributed by atoms with Gasteiger partial charge in [0.15, 0.2) is 0 Å². The Kier molecular flexibility index (Phi) is 4.61. The van der Waals surface area contributed by atoms with Crippen molar-refractivity contribution in [1.82, 2.24) is 10.2 Å². The van der Waals surface area contributed by atoms with Gasteiger partial charge in [-0.05, 0) is 24.1 Å². The second-order valence-corrected chi connectivity index (χ2v) is 7.03. The third kappa shape index (κ3) is 3.43. The lowest BCUT2D eigenvalue weighted by atomic mass is 9.99. The molecule has 2 aromatic rings. The monoisotopic (exact) mass is 349 g/mol. The van der Waals surface area contributed by atoms with Crippen LogP contribution in [0.5, 0.6) is 0 Å². The zero-order valence-corrected chi connectivity index (χ0v) is 14.7. The molecule has 2 aliphatic heterocycles. The summed E-state index contributed by atoms with van der Waals surface area (Å²) < 4.78 is 0. The number of urea groups is 1. The summed E-state index contributed by atoms with van der Waals surface area (Å²) in [5.74, 6) is 0.457. The minimum Gasteiger partial charge on any atom is -0.333 e. The average Bonchev–Trinajstić information content (AvgIpc) is 3.30. The van der Waals surface area contributed by atoms with E-state index in [4.69, 9.17) is 0 Å². The predicted octanol–water partition coefficient (Wildman–Crippen LogP) is 2.99. The molecule has 2 fully saturated rings. The number of likely N-dealkylation sites (tertiary alicyclic amines) is 1. The second-order valence-electron chi connectivity index (χ2n) is 7.03. The smallest absolute Gasteiger partial charge is 0.317 e. The quantitative estimate of drug-likeness (QED) is 0.926. The van der Waals surface area contributed by atoms with Crippen LogP contribution < -0.4 is 10.2 Å². The Labute approximate surface area is 153 Å². The molecule has 2 saturated heterocycles. The Balaban J connectivity index is 1.34. The van der Waals surface area contributed by atoms with Gasteiger partial charge in [0.2, 0.25) is 5.91 Å². The van der Waals surface area contributed by atoms with Crippen molar-refractivity contribution >= 4 is 17.6 Å². The maximum Gasteiger partial charge on any atom is 0.317 e. The van der Waals surface area contributed by atoms with Gasteiger partial charge in [-0.1, -0.05) is 48.5 Å². The number of rotatable bonds is 3. The molecular weight excluding hydrogens is 326 g/mol. The summed E-state index contributed by atoms with van der Waals surface area (Å²) in [6, 6.07) is 19.8. The Morgan fingerprint density at radius 2 is 1.65 bits per heavy atom. The first kappa shape index (κ1) is 16.6. The van der Waals surface area contributed by atoms with E-state index in [1.54, 1.807) is 4.90 Å². The van der Waals surface area contributed by atoms with Crippen LogP contribution in [0.15, 0.2) is 60.7 Å². The largest absolute Gasteiger partial charge is 0.333 e. The summed E-state index contributed by atoms with van der Waals surface area (Å²) in [6.45, 7) is 2.03. The fourth-order valence-corrected chi connectivity index (χ4v) is 3.87. The molecule has 1 N–H and O–H groups in total. The molecule has 2 heterocycles. The topological polar surface area (TPSA) is 52.7 Å². The van der Waals surface area contributed by atoms with Crippen molar-refractivity contribution in [3.8, 4) is 0 Å². The molecule has 0 aromatic heterocycles. The van der Waals surface area contributed by atoms with Crippen molar-refractivity contribution in [2.45, 2.75) is 24.8 Å². The molecule has 134 valence electrons. The van der Waals surface area contributed by atoms with Crippen LogP contribution in [0.3, 0.4) is 0 Å². The van der Waals surface area contributed by atoms with E-state index in [1.165, 1.54) is 5.56 Å². The van der Waals surface area contributed by atoms with Crippen LogP contribution in [-0.4, -0.2) is 42.5 Å². The van der Waals surface area contributed by atoms with E-state index in [0.29, 0.717) is 18.9 Å². The highest BCUT2D eigenvalue weighted by Gasteiger charge is 2.34. The van der Waals surface area contributed by atoms with E-state index >= 15 is 0 Å². The highest BCUT2D eigenvalue weighted by molar-refractivity contribution is 5.96. The summed E-state index contributed by atoms with van der Waals surface area (Å²) in [6.07, 6.45) is 1.34. The first-order valence-corrected chi connectivity index (χ1v) is 9.16. The van der Waals surface area contributed by atoms with Gasteiger partial charge in [-0.25, -0.2) is 4.79 Å². The zero-order chi connectivity index (χ0) is 17.9. The van der Waals surface area contributed by atoms with Crippen LogP contribution in [0.1, 0.15) is 24.3 Å². The Hall–Kier alpha value is -2.82. The lowest BCUT2D eigenvalue weighted by molar-refractivity contribution is -0.117. The van der Waals surface area contributed by atoms with Crippen molar-refractivity contribution in [2.75, 3.05) is 24.5 Å². The molecule has 2 aliphatic rings. The molecule has 0 saturated carbocycles. The Bertz CT molecular complexity index is 778. The van der Waals surface area contributed by atoms with Gasteiger partial charge in [-0.15, -0.1) is 0 Å². The van der Waals surface area contributed by atoms with E-state index in [2.05, 4.69) is 17.4 Å². The normalized spacial score (nSPS) is 22.7. The first-order valence-electron chi connectivity index (χ1n) is 9.16. The summed E-state index contributed by atoms with van der Waals surface area (Å²) in [5, 5.41) is 3.05. The summed E-state index contributed by atoms with van der Waals surface area (Å²) in [7, 11) is 0. The third-order valence-corrected chi connectivity index (χ3v) is 5.27. The fraction of sp³-hybridized carbons (Fsp3) is 0.333. The van der Waals surface area contributed by atoms with Crippen LogP contribution in [0.2, 0.25) is 0 Å². The zero-order valence-electron chi connectivity index (χ0n) is 14.7. The molecule has 5 nitrogen and oxygen atoms in total. The number of amides is 3. The molecule has 4 rings (SSSR count). The number of hydrogen-bond donors (Lipinski definition) is 1. The number of carbonyl (C=O) groups is 2. The number of anilines is 1. The standard InChI is InChI=1S/C21H23N3O2/c25-20-13-18(15-24(20)19-9-5-2-6-10-19)22-21(26)23-12-11-17(14-23)16-7-3-1-4-8-16/h1-10,17-18H,11-15H2,(H,22,26)/t17-,18+/m0/s1. The second kappa shape index (κ2) is 7.20. The summed E-state index contributed by atoms with van der Waals surface area (Å²) in [5.41, 5.74) is 2.17. The highest BCUT2D eigenvalue weighted by atomic mass is 16.2. The number of benzene rings is 2. The first-order chi connectivity index (χ1) is 12.7. The number of nitrogens with zero attached hydrogens (tertiary/aromatic N) is 2. The SMILES string of the molecule is O=C(N[C@@H]1CC(=O)N(c2ccccc2)C1)N1CC[C@H](c2ccccc2)C1. The van der Waals surface area contributed by atoms with Gasteiger partial charge in [0.25, 0.3) is 0 Å². The van der Waals surface area contributed by atoms with E-state index in [0.717, 1.165) is 25.2 Å². The van der Waals surface area contributed by atoms with E-state index in [-0.39, 0.29) is 18.0 Å². The lowest BCUT2D eigenvalue weighted by Crippen LogP contribution is -2.44. The molecule has 0 radical (unpaired) electrons. The molecule has 26 heavy (non-hydrogen) atoms. The minimum absolute atomic E-state index is 0.0591. The molecule has 2 aromatic carbocycles. The number of hydrogen-bond acceptors (Lipinski definition) is 2. The van der Waals surface area contributed by atoms with Gasteiger partial charge in [-0.3, -0.25) is 4.79 Å². The average molecular weight is 349 g/mol. The summed E-state index contributed by atoms with van der Waals surface area (Å²) in [4.78, 5) is 28.5. The van der Waals surface area contributed by atoms with Crippen molar-refractivity contribution in [3.63, 3.8) is 0 Å². The van der Waals surface area contributed by atoms with Crippen LogP contribution in [0.4, 0.5) is 10.5 Å². The molecular formula is C21H23N3O2. The van der Waals surface area contributed by atoms with Crippen LogP contribution >= 0.6 is 0 Å². The molecule has 3 amide bonds. The van der Waals surface area contributed by atoms with Crippen LogP contribution in [0.25, 0.3) is 0 Å². The van der Waals surface area contributed by atoms with Gasteiger partial charge in [0, 0.05) is 37.7 Å². The maximum absolute atomic E-state index is 12.6. The molecule has 2 atom stereocenters. The predicted molar refractivity (Wildman–Crippen MR) is 101 cm³/mol. The van der Waals surface area contributed by atoms with Crippen LogP contribution in [-0.2, 0) is 4.79 Å². The minimum atomic E-state index is -0.133. The van der Waals surface area contributed by atoms with Gasteiger partial charge in [-0.2, -0.15) is 0 Å². The van der Waals surface area contributed by atoms with E-state index in [9.17, 15) is 9.59 Å². The van der Waals surface area contributed by atoms with Gasteiger partial charge >= 0.3 is 6.03 Å². The van der Waals surface area contributed by atoms with Crippen molar-refractivity contribution < 1.29 is 9.59 Å². The van der Waals surface area contributed by atoms with Crippen molar-refractivity contribution in [2.24, 2.45) is 0 Å². The number of para-hydroxylation sites is 1. The fourth-order valence-electron chi connectivity index (χ4n) is 3.87. The summed E-state index contributed by atoms with van der Waals surface area (Å²) >= 11 is 0. The van der Waals surface area contributed by atoms with Crippen molar-refractivity contribution in [1.29, 1.82) is 0 Å². The number of nitrogens with one attached hydrogen (secondary N) is 1.